The Kier molecular flexibility index (Phi) is 5.54. The van der Waals surface area contributed by atoms with E-state index in [0.29, 0.717) is 4.47 Å². The summed E-state index contributed by atoms with van der Waals surface area (Å²) in [5.41, 5.74) is 1.68. The fourth-order valence-electron chi connectivity index (χ4n) is 1.68. The number of carbonyl (C=O) groups is 1. The zero-order valence-electron chi connectivity index (χ0n) is 11.7. The summed E-state index contributed by atoms with van der Waals surface area (Å²) >= 11 is 8.80. The topological polar surface area (TPSA) is 118 Å². The summed E-state index contributed by atoms with van der Waals surface area (Å²) in [6, 6.07) is 9.38. The fourth-order valence-corrected chi connectivity index (χ4v) is 3.19. The van der Waals surface area contributed by atoms with Crippen LogP contribution in [0.5, 0.6) is 0 Å². The van der Waals surface area contributed by atoms with Crippen LogP contribution in [0.4, 0.5) is 5.69 Å². The van der Waals surface area contributed by atoms with Crippen molar-refractivity contribution in [1.82, 2.24) is 10.3 Å². The number of nitrogens with zero attached hydrogens (tertiary/aromatic N) is 1. The van der Waals surface area contributed by atoms with Gasteiger partial charge in [0.15, 0.2) is 0 Å². The molecule has 0 spiro atoms. The number of nitro benzene ring substituents is 1. The number of nitrogens with one attached hydrogen (secondary N) is 2. The number of carbonyl (C=O) groups excluding carboxylic acids is 1. The summed E-state index contributed by atoms with van der Waals surface area (Å²) in [7, 11) is -4.21. The smallest absolute Gasteiger partial charge is 0.273 e. The van der Waals surface area contributed by atoms with E-state index < -0.39 is 31.4 Å². The van der Waals surface area contributed by atoms with E-state index in [4.69, 9.17) is 11.6 Å². The van der Waals surface area contributed by atoms with Gasteiger partial charge < -0.3 is 0 Å². The van der Waals surface area contributed by atoms with Crippen molar-refractivity contribution >= 4 is 49.1 Å². The predicted octanol–water partition coefficient (Wildman–Crippen LogP) is 2.63. The van der Waals surface area contributed by atoms with Crippen molar-refractivity contribution in [2.24, 2.45) is 0 Å². The quantitative estimate of drug-likeness (QED) is 0.554. The molecule has 0 aromatic heterocycles. The Hall–Kier alpha value is -2.01. The molecular formula is C13H9BrClN3O5S. The normalized spacial score (nSPS) is 11.1. The Morgan fingerprint density at radius 2 is 1.88 bits per heavy atom. The van der Waals surface area contributed by atoms with Crippen LogP contribution < -0.4 is 10.3 Å². The Morgan fingerprint density at radius 1 is 1.21 bits per heavy atom. The second-order valence-corrected chi connectivity index (χ2v) is 7.35. The van der Waals surface area contributed by atoms with Crippen molar-refractivity contribution < 1.29 is 18.1 Å². The average molecular weight is 435 g/mol. The zero-order valence-corrected chi connectivity index (χ0v) is 14.9. The van der Waals surface area contributed by atoms with Crippen molar-refractivity contribution in [1.29, 1.82) is 0 Å². The van der Waals surface area contributed by atoms with Crippen molar-refractivity contribution in [2.45, 2.75) is 4.90 Å². The second kappa shape index (κ2) is 7.26. The largest absolute Gasteiger partial charge is 0.289 e. The third kappa shape index (κ3) is 4.09. The number of nitro groups is 1. The molecule has 2 aromatic rings. The third-order valence-electron chi connectivity index (χ3n) is 2.84. The van der Waals surface area contributed by atoms with Gasteiger partial charge in [-0.1, -0.05) is 23.7 Å². The monoisotopic (exact) mass is 433 g/mol. The van der Waals surface area contributed by atoms with Crippen molar-refractivity contribution in [3.8, 4) is 0 Å². The minimum absolute atomic E-state index is 0.198. The van der Waals surface area contributed by atoms with Crippen LogP contribution in [0.2, 0.25) is 5.02 Å². The Morgan fingerprint density at radius 3 is 2.50 bits per heavy atom. The van der Waals surface area contributed by atoms with Gasteiger partial charge in [-0.3, -0.25) is 20.3 Å². The van der Waals surface area contributed by atoms with Gasteiger partial charge in [0.2, 0.25) is 0 Å². The van der Waals surface area contributed by atoms with Crippen LogP contribution >= 0.6 is 27.5 Å². The minimum Gasteiger partial charge on any atom is -0.273 e. The van der Waals surface area contributed by atoms with E-state index in [1.165, 1.54) is 6.07 Å². The Bertz CT molecular complexity index is 920. The summed E-state index contributed by atoms with van der Waals surface area (Å²) in [5.74, 6) is -0.700. The van der Waals surface area contributed by atoms with E-state index in [9.17, 15) is 23.3 Å². The van der Waals surface area contributed by atoms with E-state index in [1.807, 2.05) is 10.3 Å². The second-order valence-electron chi connectivity index (χ2n) is 4.41. The van der Waals surface area contributed by atoms with Crippen molar-refractivity contribution in [3.05, 3.63) is 67.6 Å². The van der Waals surface area contributed by atoms with Crippen molar-refractivity contribution in [2.75, 3.05) is 0 Å². The number of benzene rings is 2. The number of amides is 1. The fraction of sp³-hybridized carbons (Fsp3) is 0. The molecule has 11 heteroatoms. The molecule has 0 fully saturated rings. The molecule has 2 N–H and O–H groups in total. The molecule has 2 aromatic carbocycles. The van der Waals surface area contributed by atoms with Crippen LogP contribution in [0.25, 0.3) is 0 Å². The Balaban J connectivity index is 2.20. The molecule has 8 nitrogen and oxygen atoms in total. The van der Waals surface area contributed by atoms with E-state index in [0.717, 1.165) is 18.2 Å². The van der Waals surface area contributed by atoms with Gasteiger partial charge in [-0.25, -0.2) is 8.42 Å². The van der Waals surface area contributed by atoms with Crippen LogP contribution in [-0.2, 0) is 10.0 Å². The first kappa shape index (κ1) is 18.3. The summed E-state index contributed by atoms with van der Waals surface area (Å²) < 4.78 is 24.7. The molecule has 1 amide bonds. The van der Waals surface area contributed by atoms with Gasteiger partial charge in [-0.2, -0.15) is 0 Å². The maximum atomic E-state index is 12.1. The molecule has 0 saturated carbocycles. The van der Waals surface area contributed by atoms with Gasteiger partial charge in [0.1, 0.15) is 5.02 Å². The van der Waals surface area contributed by atoms with E-state index >= 15 is 0 Å². The predicted molar refractivity (Wildman–Crippen MR) is 90.0 cm³/mol. The number of rotatable bonds is 5. The molecule has 0 aliphatic heterocycles. The highest BCUT2D eigenvalue weighted by Crippen LogP contribution is 2.26. The minimum atomic E-state index is -4.21. The van der Waals surface area contributed by atoms with E-state index in [-0.39, 0.29) is 10.6 Å². The first-order valence-corrected chi connectivity index (χ1v) is 8.88. The van der Waals surface area contributed by atoms with Crippen LogP contribution in [0.1, 0.15) is 10.4 Å². The molecule has 0 heterocycles. The standard InChI is InChI=1S/C13H9BrClN3O5S/c14-10-4-2-1-3-9(10)13(19)16-17-24(22,23)8-5-6-11(15)12(7-8)18(20)21/h1-7,17H,(H,16,19). The maximum absolute atomic E-state index is 12.1. The molecule has 2 rings (SSSR count). The first-order chi connectivity index (χ1) is 11.2. The van der Waals surface area contributed by atoms with Gasteiger partial charge in [0, 0.05) is 10.5 Å². The van der Waals surface area contributed by atoms with Crippen LogP contribution in [0.15, 0.2) is 51.8 Å². The average Bonchev–Trinajstić information content (AvgIpc) is 2.53. The number of halogens is 2. The highest BCUT2D eigenvalue weighted by atomic mass is 79.9. The number of hydrazine groups is 1. The highest BCUT2D eigenvalue weighted by Gasteiger charge is 2.21. The third-order valence-corrected chi connectivity index (χ3v) is 5.10. The summed E-state index contributed by atoms with van der Waals surface area (Å²) in [4.78, 5) is 23.5. The van der Waals surface area contributed by atoms with Gasteiger partial charge in [-0.05, 0) is 40.2 Å². The lowest BCUT2D eigenvalue weighted by molar-refractivity contribution is -0.384. The van der Waals surface area contributed by atoms with Crippen molar-refractivity contribution in [3.63, 3.8) is 0 Å². The summed E-state index contributed by atoms with van der Waals surface area (Å²) in [6.45, 7) is 0. The first-order valence-electron chi connectivity index (χ1n) is 6.23. The van der Waals surface area contributed by atoms with Crippen LogP contribution in [0.3, 0.4) is 0 Å². The Labute approximate surface area is 150 Å². The number of hydrogen-bond donors (Lipinski definition) is 2. The molecule has 0 radical (unpaired) electrons. The summed E-state index contributed by atoms with van der Waals surface area (Å²) in [5, 5.41) is 10.6. The summed E-state index contributed by atoms with van der Waals surface area (Å²) in [6.07, 6.45) is 0. The molecule has 0 unspecified atom stereocenters. The van der Waals surface area contributed by atoms with Gasteiger partial charge in [0.05, 0.1) is 15.4 Å². The van der Waals surface area contributed by atoms with E-state index in [2.05, 4.69) is 15.9 Å². The molecule has 0 saturated heterocycles. The van der Waals surface area contributed by atoms with Crippen LogP contribution in [0, 0.1) is 10.1 Å². The highest BCUT2D eigenvalue weighted by molar-refractivity contribution is 9.10. The lowest BCUT2D eigenvalue weighted by Crippen LogP contribution is -2.41. The maximum Gasteiger partial charge on any atom is 0.289 e. The molecule has 126 valence electrons. The molecule has 0 aliphatic carbocycles. The van der Waals surface area contributed by atoms with Crippen LogP contribution in [-0.4, -0.2) is 19.2 Å². The lowest BCUT2D eigenvalue weighted by atomic mass is 10.2. The zero-order chi connectivity index (χ0) is 17.9. The lowest BCUT2D eigenvalue weighted by Gasteiger charge is -2.09. The molecule has 0 aliphatic rings. The SMILES string of the molecule is O=C(NNS(=O)(=O)c1ccc(Cl)c([N+](=O)[O-])c1)c1ccccc1Br. The molecule has 0 atom stereocenters. The number of hydrogen-bond acceptors (Lipinski definition) is 5. The van der Waals surface area contributed by atoms with Gasteiger partial charge in [-0.15, -0.1) is 4.83 Å². The van der Waals surface area contributed by atoms with Gasteiger partial charge >= 0.3 is 0 Å². The molecule has 24 heavy (non-hydrogen) atoms. The molecular weight excluding hydrogens is 426 g/mol. The van der Waals surface area contributed by atoms with E-state index in [1.54, 1.807) is 18.2 Å². The van der Waals surface area contributed by atoms with Gasteiger partial charge in [0.25, 0.3) is 21.6 Å². The molecule has 0 bridgehead atoms. The number of sulfonamides is 1.